The first kappa shape index (κ1) is 15.6. The molecule has 0 aromatic heterocycles. The first-order valence-electron chi connectivity index (χ1n) is 4.77. The Morgan fingerprint density at radius 3 is 2.00 bits per heavy atom. The highest BCUT2D eigenvalue weighted by atomic mass is 19.4. The van der Waals surface area contributed by atoms with Crippen LogP contribution in [-0.4, -0.2) is 48.0 Å². The highest BCUT2D eigenvalue weighted by molar-refractivity contribution is 4.90. The lowest BCUT2D eigenvalue weighted by Gasteiger charge is -2.31. The summed E-state index contributed by atoms with van der Waals surface area (Å²) in [6.07, 6.45) is -6.32. The second-order valence-electron chi connectivity index (χ2n) is 3.87. The summed E-state index contributed by atoms with van der Waals surface area (Å²) in [5, 5.41) is 17.2. The number of aliphatic hydroxyl groups excluding tert-OH is 2. The van der Waals surface area contributed by atoms with Crippen LogP contribution in [0.25, 0.3) is 0 Å². The molecule has 0 aliphatic heterocycles. The molecule has 0 aliphatic rings. The van der Waals surface area contributed by atoms with Crippen LogP contribution in [0.5, 0.6) is 0 Å². The van der Waals surface area contributed by atoms with Crippen molar-refractivity contribution in [2.24, 2.45) is 5.92 Å². The first-order chi connectivity index (χ1) is 7.15. The van der Waals surface area contributed by atoms with Crippen LogP contribution in [0, 0.1) is 5.92 Å². The van der Waals surface area contributed by atoms with Crippen molar-refractivity contribution in [3.8, 4) is 0 Å². The molecule has 0 aromatic carbocycles. The quantitative estimate of drug-likeness (QED) is 0.696. The average molecular weight is 248 g/mol. The molecule has 0 aromatic rings. The van der Waals surface area contributed by atoms with Crippen LogP contribution in [0.1, 0.15) is 13.8 Å². The fourth-order valence-electron chi connectivity index (χ4n) is 0.972. The first-order valence-corrected chi connectivity index (χ1v) is 4.77. The van der Waals surface area contributed by atoms with Gasteiger partial charge in [0.05, 0.1) is 19.8 Å². The SMILES string of the molecule is CC(C)C(F)(COCC(O)CO)C(F)(F)F. The third kappa shape index (κ3) is 3.88. The van der Waals surface area contributed by atoms with Crippen molar-refractivity contribution < 1.29 is 32.5 Å². The monoisotopic (exact) mass is 248 g/mol. The molecule has 0 amide bonds. The number of hydrogen-bond acceptors (Lipinski definition) is 3. The van der Waals surface area contributed by atoms with E-state index in [0.717, 1.165) is 13.8 Å². The molecule has 16 heavy (non-hydrogen) atoms. The minimum Gasteiger partial charge on any atom is -0.394 e. The Morgan fingerprint density at radius 2 is 1.69 bits per heavy atom. The summed E-state index contributed by atoms with van der Waals surface area (Å²) in [4.78, 5) is 0. The minimum absolute atomic E-state index is 0.537. The number of rotatable bonds is 6. The molecule has 0 saturated carbocycles. The summed E-state index contributed by atoms with van der Waals surface area (Å²) in [6, 6.07) is 0. The lowest BCUT2D eigenvalue weighted by molar-refractivity contribution is -0.261. The molecule has 2 atom stereocenters. The van der Waals surface area contributed by atoms with Gasteiger partial charge in [-0.15, -0.1) is 0 Å². The van der Waals surface area contributed by atoms with E-state index in [4.69, 9.17) is 10.2 Å². The zero-order chi connectivity index (χ0) is 13.0. The highest BCUT2D eigenvalue weighted by Gasteiger charge is 2.58. The summed E-state index contributed by atoms with van der Waals surface area (Å²) >= 11 is 0. The Bertz CT molecular complexity index is 207. The summed E-state index contributed by atoms with van der Waals surface area (Å²) in [5.74, 6) is -1.29. The lowest BCUT2D eigenvalue weighted by Crippen LogP contribution is -2.49. The Balaban J connectivity index is 4.37. The number of aliphatic hydroxyl groups is 2. The molecular formula is C9H16F4O3. The van der Waals surface area contributed by atoms with E-state index in [-0.39, 0.29) is 0 Å². The van der Waals surface area contributed by atoms with Crippen LogP contribution in [0.3, 0.4) is 0 Å². The Labute approximate surface area is 91.0 Å². The number of halogens is 4. The van der Waals surface area contributed by atoms with Crippen LogP contribution in [0.15, 0.2) is 0 Å². The van der Waals surface area contributed by atoms with Gasteiger partial charge < -0.3 is 14.9 Å². The third-order valence-electron chi connectivity index (χ3n) is 2.22. The van der Waals surface area contributed by atoms with E-state index < -0.39 is 43.7 Å². The number of alkyl halides is 4. The van der Waals surface area contributed by atoms with Gasteiger partial charge in [0.15, 0.2) is 0 Å². The van der Waals surface area contributed by atoms with Crippen LogP contribution in [-0.2, 0) is 4.74 Å². The van der Waals surface area contributed by atoms with Crippen LogP contribution in [0.4, 0.5) is 17.6 Å². The Morgan fingerprint density at radius 1 is 1.19 bits per heavy atom. The van der Waals surface area contributed by atoms with Crippen molar-refractivity contribution >= 4 is 0 Å². The van der Waals surface area contributed by atoms with Gasteiger partial charge in [-0.05, 0) is 5.92 Å². The van der Waals surface area contributed by atoms with Gasteiger partial charge in [0.2, 0.25) is 5.67 Å². The van der Waals surface area contributed by atoms with Crippen molar-refractivity contribution in [1.82, 2.24) is 0 Å². The van der Waals surface area contributed by atoms with E-state index in [0.29, 0.717) is 0 Å². The fraction of sp³-hybridized carbons (Fsp3) is 1.00. The Kier molecular flexibility index (Phi) is 5.64. The van der Waals surface area contributed by atoms with Gasteiger partial charge in [-0.3, -0.25) is 0 Å². The predicted octanol–water partition coefficient (Wildman–Crippen LogP) is 1.28. The maximum absolute atomic E-state index is 13.6. The molecule has 0 bridgehead atoms. The topological polar surface area (TPSA) is 49.7 Å². The van der Waals surface area contributed by atoms with E-state index >= 15 is 0 Å². The maximum Gasteiger partial charge on any atom is 0.425 e. The zero-order valence-corrected chi connectivity index (χ0v) is 9.09. The second kappa shape index (κ2) is 5.79. The van der Waals surface area contributed by atoms with E-state index in [9.17, 15) is 17.6 Å². The Hall–Kier alpha value is -0.400. The molecule has 3 nitrogen and oxygen atoms in total. The molecule has 2 unspecified atom stereocenters. The average Bonchev–Trinajstić information content (AvgIpc) is 2.15. The maximum atomic E-state index is 13.6. The molecule has 0 spiro atoms. The van der Waals surface area contributed by atoms with E-state index in [2.05, 4.69) is 4.74 Å². The molecule has 0 fully saturated rings. The van der Waals surface area contributed by atoms with Crippen molar-refractivity contribution in [3.63, 3.8) is 0 Å². The largest absolute Gasteiger partial charge is 0.425 e. The molecule has 98 valence electrons. The van der Waals surface area contributed by atoms with Gasteiger partial charge in [0, 0.05) is 0 Å². The summed E-state index contributed by atoms with van der Waals surface area (Å²) < 4.78 is 55.2. The summed E-state index contributed by atoms with van der Waals surface area (Å²) in [5.41, 5.74) is -3.44. The van der Waals surface area contributed by atoms with Gasteiger partial charge in [0.1, 0.15) is 6.10 Å². The van der Waals surface area contributed by atoms with Crippen molar-refractivity contribution in [2.75, 3.05) is 19.8 Å². The van der Waals surface area contributed by atoms with Crippen molar-refractivity contribution in [1.29, 1.82) is 0 Å². The van der Waals surface area contributed by atoms with Gasteiger partial charge in [0.25, 0.3) is 0 Å². The molecular weight excluding hydrogens is 232 g/mol. The second-order valence-corrected chi connectivity index (χ2v) is 3.87. The van der Waals surface area contributed by atoms with E-state index in [1.54, 1.807) is 0 Å². The number of hydrogen-bond donors (Lipinski definition) is 2. The van der Waals surface area contributed by atoms with Gasteiger partial charge >= 0.3 is 6.18 Å². The fourth-order valence-corrected chi connectivity index (χ4v) is 0.972. The van der Waals surface area contributed by atoms with Gasteiger partial charge in [-0.25, -0.2) is 4.39 Å². The van der Waals surface area contributed by atoms with Crippen LogP contribution in [0.2, 0.25) is 0 Å². The van der Waals surface area contributed by atoms with Crippen LogP contribution < -0.4 is 0 Å². The van der Waals surface area contributed by atoms with Gasteiger partial charge in [-0.2, -0.15) is 13.2 Å². The van der Waals surface area contributed by atoms with Crippen LogP contribution >= 0.6 is 0 Å². The normalized spacial score (nSPS) is 18.6. The van der Waals surface area contributed by atoms with Crippen molar-refractivity contribution in [3.05, 3.63) is 0 Å². The molecule has 0 aliphatic carbocycles. The predicted molar refractivity (Wildman–Crippen MR) is 48.6 cm³/mol. The van der Waals surface area contributed by atoms with Crippen molar-refractivity contribution in [2.45, 2.75) is 31.8 Å². The number of ether oxygens (including phenoxy) is 1. The molecule has 0 rings (SSSR count). The summed E-state index contributed by atoms with van der Waals surface area (Å²) in [7, 11) is 0. The minimum atomic E-state index is -5.02. The smallest absolute Gasteiger partial charge is 0.394 e. The molecule has 2 N–H and O–H groups in total. The molecule has 0 heterocycles. The third-order valence-corrected chi connectivity index (χ3v) is 2.22. The summed E-state index contributed by atoms with van der Waals surface area (Å²) in [6.45, 7) is -0.179. The highest BCUT2D eigenvalue weighted by Crippen LogP contribution is 2.39. The molecule has 0 saturated heterocycles. The van der Waals surface area contributed by atoms with E-state index in [1.165, 1.54) is 0 Å². The molecule has 0 radical (unpaired) electrons. The molecule has 7 heteroatoms. The van der Waals surface area contributed by atoms with E-state index in [1.807, 2.05) is 0 Å². The lowest BCUT2D eigenvalue weighted by atomic mass is 9.92. The zero-order valence-electron chi connectivity index (χ0n) is 9.09. The standard InChI is InChI=1S/C9H16F4O3/c1-6(2)8(10,9(11,12)13)5-16-4-7(15)3-14/h6-7,14-15H,3-5H2,1-2H3. The van der Waals surface area contributed by atoms with Gasteiger partial charge in [-0.1, -0.05) is 13.8 Å².